The molecule has 116 valence electrons. The molecule has 2 N–H and O–H groups in total. The third-order valence-corrected chi connectivity index (χ3v) is 5.27. The Balaban J connectivity index is 1.88. The van der Waals surface area contributed by atoms with Crippen LogP contribution in [0.5, 0.6) is 5.75 Å². The number of methoxy groups -OCH3 is 1. The first-order valence-corrected chi connectivity index (χ1v) is 8.11. The Morgan fingerprint density at radius 1 is 1.00 bits per heavy atom. The molecule has 0 saturated heterocycles. The molecule has 0 amide bonds. The molecular weight excluding hydrogens is 310 g/mol. The normalized spacial score (nSPS) is 19.1. The highest BCUT2D eigenvalue weighted by molar-refractivity contribution is 7.15. The fourth-order valence-corrected chi connectivity index (χ4v) is 4.09. The summed E-state index contributed by atoms with van der Waals surface area (Å²) < 4.78 is 5.35. The molecule has 2 aromatic carbocycles. The second-order valence-electron chi connectivity index (χ2n) is 5.40. The summed E-state index contributed by atoms with van der Waals surface area (Å²) in [5.41, 5.74) is 2.77. The Hall–Kier alpha value is -2.21. The minimum absolute atomic E-state index is 0.530. The van der Waals surface area contributed by atoms with Gasteiger partial charge < -0.3 is 14.9 Å². The molecule has 1 heterocycles. The highest BCUT2D eigenvalue weighted by Gasteiger charge is 2.36. The largest absolute Gasteiger partial charge is 0.496 e. The van der Waals surface area contributed by atoms with Gasteiger partial charge in [-0.2, -0.15) is 0 Å². The highest BCUT2D eigenvalue weighted by atomic mass is 32.1. The molecule has 4 rings (SSSR count). The molecule has 0 aliphatic heterocycles. The van der Waals surface area contributed by atoms with Gasteiger partial charge in [0.15, 0.2) is 0 Å². The number of fused-ring (bicyclic) bond motifs is 2. The lowest BCUT2D eigenvalue weighted by atomic mass is 9.88. The fraction of sp³-hybridized carbons (Fsp3) is 0.167. The van der Waals surface area contributed by atoms with Gasteiger partial charge >= 0.3 is 0 Å². The van der Waals surface area contributed by atoms with Crippen LogP contribution in [-0.2, 0) is 0 Å². The minimum atomic E-state index is -0.854. The van der Waals surface area contributed by atoms with Crippen LogP contribution in [0.4, 0.5) is 0 Å². The third-order valence-electron chi connectivity index (χ3n) is 4.10. The van der Waals surface area contributed by atoms with Crippen molar-refractivity contribution in [2.75, 3.05) is 7.11 Å². The first kappa shape index (κ1) is 14.4. The molecule has 0 saturated carbocycles. The summed E-state index contributed by atoms with van der Waals surface area (Å²) in [4.78, 5) is 5.25. The van der Waals surface area contributed by atoms with Crippen LogP contribution in [0, 0.1) is 0 Å². The van der Waals surface area contributed by atoms with Gasteiger partial charge in [0.05, 0.1) is 17.7 Å². The topological polar surface area (TPSA) is 62.6 Å². The summed E-state index contributed by atoms with van der Waals surface area (Å²) in [5.74, 6) is 0.578. The smallest absolute Gasteiger partial charge is 0.125 e. The van der Waals surface area contributed by atoms with Crippen molar-refractivity contribution in [3.8, 4) is 16.3 Å². The van der Waals surface area contributed by atoms with Gasteiger partial charge in [0.25, 0.3) is 0 Å². The molecule has 3 aromatic rings. The van der Waals surface area contributed by atoms with Crippen LogP contribution in [0.2, 0.25) is 0 Å². The van der Waals surface area contributed by atoms with E-state index in [4.69, 9.17) is 4.74 Å². The van der Waals surface area contributed by atoms with E-state index in [1.54, 1.807) is 19.2 Å². The average Bonchev–Trinajstić information content (AvgIpc) is 3.05. The van der Waals surface area contributed by atoms with Crippen molar-refractivity contribution in [3.05, 3.63) is 70.2 Å². The number of hydrogen-bond donors (Lipinski definition) is 2. The van der Waals surface area contributed by atoms with Crippen LogP contribution >= 0.6 is 11.3 Å². The number of thiazole rings is 1. The van der Waals surface area contributed by atoms with Crippen molar-refractivity contribution in [3.63, 3.8) is 0 Å². The highest BCUT2D eigenvalue weighted by Crippen LogP contribution is 2.47. The predicted molar refractivity (Wildman–Crippen MR) is 88.7 cm³/mol. The third kappa shape index (κ3) is 2.16. The van der Waals surface area contributed by atoms with Gasteiger partial charge in [-0.25, -0.2) is 4.98 Å². The molecule has 0 bridgehead atoms. The van der Waals surface area contributed by atoms with E-state index in [2.05, 4.69) is 4.98 Å². The summed E-state index contributed by atoms with van der Waals surface area (Å²) in [6, 6.07) is 15.2. The Morgan fingerprint density at radius 2 is 1.78 bits per heavy atom. The van der Waals surface area contributed by atoms with Crippen molar-refractivity contribution in [1.29, 1.82) is 0 Å². The van der Waals surface area contributed by atoms with Crippen LogP contribution in [0.1, 0.15) is 33.9 Å². The summed E-state index contributed by atoms with van der Waals surface area (Å²) in [6.07, 6.45) is -1.69. The van der Waals surface area contributed by atoms with Gasteiger partial charge in [0.1, 0.15) is 23.0 Å². The Bertz CT molecular complexity index is 860. The lowest BCUT2D eigenvalue weighted by Gasteiger charge is -2.26. The molecule has 0 radical (unpaired) electrons. The van der Waals surface area contributed by atoms with E-state index in [-0.39, 0.29) is 0 Å². The molecule has 0 spiro atoms. The average molecular weight is 325 g/mol. The summed E-state index contributed by atoms with van der Waals surface area (Å²) in [5, 5.41) is 22.3. The van der Waals surface area contributed by atoms with E-state index in [0.29, 0.717) is 27.4 Å². The molecule has 2 unspecified atom stereocenters. The van der Waals surface area contributed by atoms with Gasteiger partial charge in [-0.15, -0.1) is 11.3 Å². The van der Waals surface area contributed by atoms with Gasteiger partial charge in [0.2, 0.25) is 0 Å². The van der Waals surface area contributed by atoms with Gasteiger partial charge in [0, 0.05) is 11.1 Å². The monoisotopic (exact) mass is 325 g/mol. The number of aromatic nitrogens is 1. The fourth-order valence-electron chi connectivity index (χ4n) is 2.99. The molecule has 1 aliphatic rings. The summed E-state index contributed by atoms with van der Waals surface area (Å²) >= 11 is 1.41. The number of aliphatic hydroxyl groups is 2. The van der Waals surface area contributed by atoms with Gasteiger partial charge in [-0.3, -0.25) is 0 Å². The van der Waals surface area contributed by atoms with Crippen LogP contribution in [0.3, 0.4) is 0 Å². The molecule has 1 aromatic heterocycles. The first-order valence-electron chi connectivity index (χ1n) is 7.29. The number of benzene rings is 2. The SMILES string of the molecule is COc1cccc2c1C(O)c1sc(-c3ccccc3)nc1C2O. The van der Waals surface area contributed by atoms with E-state index in [1.165, 1.54) is 11.3 Å². The van der Waals surface area contributed by atoms with Crippen molar-refractivity contribution < 1.29 is 14.9 Å². The lowest BCUT2D eigenvalue weighted by Crippen LogP contribution is -2.17. The van der Waals surface area contributed by atoms with Crippen molar-refractivity contribution in [2.45, 2.75) is 12.2 Å². The van der Waals surface area contributed by atoms with E-state index < -0.39 is 12.2 Å². The molecule has 23 heavy (non-hydrogen) atoms. The second kappa shape index (κ2) is 5.45. The maximum Gasteiger partial charge on any atom is 0.125 e. The molecule has 0 fully saturated rings. The molecule has 4 nitrogen and oxygen atoms in total. The summed E-state index contributed by atoms with van der Waals surface area (Å²) in [7, 11) is 1.56. The predicted octanol–water partition coefficient (Wildman–Crippen LogP) is 3.30. The molecule has 2 atom stereocenters. The maximum absolute atomic E-state index is 10.8. The quantitative estimate of drug-likeness (QED) is 0.759. The maximum atomic E-state index is 10.8. The van der Waals surface area contributed by atoms with E-state index in [1.807, 2.05) is 36.4 Å². The molecule has 5 heteroatoms. The lowest BCUT2D eigenvalue weighted by molar-refractivity contribution is 0.170. The first-order chi connectivity index (χ1) is 11.2. The molecular formula is C18H15NO3S. The number of rotatable bonds is 2. The van der Waals surface area contributed by atoms with Crippen LogP contribution in [0.15, 0.2) is 48.5 Å². The van der Waals surface area contributed by atoms with E-state index in [0.717, 1.165) is 10.6 Å². The Labute approximate surface area is 137 Å². The summed E-state index contributed by atoms with van der Waals surface area (Å²) in [6.45, 7) is 0. The Kier molecular flexibility index (Phi) is 3.41. The van der Waals surface area contributed by atoms with Crippen molar-refractivity contribution in [2.24, 2.45) is 0 Å². The van der Waals surface area contributed by atoms with E-state index >= 15 is 0 Å². The zero-order valence-electron chi connectivity index (χ0n) is 12.4. The number of aliphatic hydroxyl groups excluding tert-OH is 2. The minimum Gasteiger partial charge on any atom is -0.496 e. The van der Waals surface area contributed by atoms with Crippen molar-refractivity contribution >= 4 is 11.3 Å². The van der Waals surface area contributed by atoms with Crippen LogP contribution in [-0.4, -0.2) is 22.3 Å². The zero-order chi connectivity index (χ0) is 16.0. The van der Waals surface area contributed by atoms with Crippen molar-refractivity contribution in [1.82, 2.24) is 4.98 Å². The number of hydrogen-bond acceptors (Lipinski definition) is 5. The molecule has 1 aliphatic carbocycles. The Morgan fingerprint density at radius 3 is 2.52 bits per heavy atom. The zero-order valence-corrected chi connectivity index (χ0v) is 13.2. The van der Waals surface area contributed by atoms with Gasteiger partial charge in [-0.05, 0) is 11.6 Å². The number of nitrogens with zero attached hydrogens (tertiary/aromatic N) is 1. The van der Waals surface area contributed by atoms with Crippen LogP contribution in [0.25, 0.3) is 10.6 Å². The second-order valence-corrected chi connectivity index (χ2v) is 6.43. The van der Waals surface area contributed by atoms with Gasteiger partial charge in [-0.1, -0.05) is 42.5 Å². The van der Waals surface area contributed by atoms with Crippen LogP contribution < -0.4 is 4.74 Å². The number of ether oxygens (including phenoxy) is 1. The van der Waals surface area contributed by atoms with E-state index in [9.17, 15) is 10.2 Å². The standard InChI is InChI=1S/C18H15NO3S/c1-22-12-9-5-8-11-13(12)16(21)17-14(15(11)20)19-18(23-17)10-6-3-2-4-7-10/h2-9,15-16,20-21H,1H3.